The first-order valence-electron chi connectivity index (χ1n) is 13.4. The molecule has 1 unspecified atom stereocenters. The molecule has 0 amide bonds. The molecule has 1 atom stereocenters. The van der Waals surface area contributed by atoms with Crippen LogP contribution in [0.25, 0.3) is 0 Å². The molecular weight excluding hydrogens is 839 g/mol. The number of alkyl halides is 25. The molecule has 1 aromatic carbocycles. The monoisotopic (exact) mass is 856 g/mol. The van der Waals surface area contributed by atoms with Crippen LogP contribution in [0.4, 0.5) is 110 Å². The molecule has 0 heterocycles. The fourth-order valence-electron chi connectivity index (χ4n) is 3.32. The van der Waals surface area contributed by atoms with Crippen molar-refractivity contribution in [2.75, 3.05) is 6.61 Å². The first-order valence-corrected chi connectivity index (χ1v) is 13.4. The van der Waals surface area contributed by atoms with Gasteiger partial charge in [0.15, 0.2) is 0 Å². The summed E-state index contributed by atoms with van der Waals surface area (Å²) in [6.07, 6.45) is -33.0. The van der Waals surface area contributed by atoms with Gasteiger partial charge in [-0.3, -0.25) is 4.79 Å². The van der Waals surface area contributed by atoms with E-state index < -0.39 is 96.1 Å². The topological polar surface area (TPSA) is 44.8 Å². The number of esters is 1. The fraction of sp³-hybridized carbons (Fsp3) is 0.720. The van der Waals surface area contributed by atoms with Gasteiger partial charge in [0.1, 0.15) is 5.75 Å². The fourth-order valence-corrected chi connectivity index (χ4v) is 3.32. The Morgan fingerprint density at radius 1 is 0.519 bits per heavy atom. The molecule has 0 saturated heterocycles. The number of benzene rings is 1. The van der Waals surface area contributed by atoms with Crippen molar-refractivity contribution in [3.63, 3.8) is 0 Å². The average Bonchev–Trinajstić information content (AvgIpc) is 2.99. The Labute approximate surface area is 282 Å². The first kappa shape index (κ1) is 48.7. The van der Waals surface area contributed by atoms with Crippen LogP contribution < -0.4 is 4.74 Å². The molecule has 0 spiro atoms. The number of halogens is 25. The molecule has 1 aromatic rings. The van der Waals surface area contributed by atoms with Gasteiger partial charge in [-0.15, -0.1) is 0 Å². The van der Waals surface area contributed by atoms with Gasteiger partial charge < -0.3 is 9.47 Å². The van der Waals surface area contributed by atoms with E-state index in [2.05, 4.69) is 4.74 Å². The van der Waals surface area contributed by atoms with E-state index in [-0.39, 0.29) is 24.1 Å². The molecule has 0 aliphatic carbocycles. The van der Waals surface area contributed by atoms with E-state index >= 15 is 0 Å². The summed E-state index contributed by atoms with van der Waals surface area (Å²) in [5.74, 6) is -73.9. The lowest BCUT2D eigenvalue weighted by Gasteiger charge is -2.42. The van der Waals surface area contributed by atoms with Gasteiger partial charge in [-0.2, -0.15) is 110 Å². The molecule has 316 valence electrons. The van der Waals surface area contributed by atoms with Crippen LogP contribution in [-0.4, -0.2) is 84.5 Å². The van der Waals surface area contributed by atoms with Crippen LogP contribution in [0.1, 0.15) is 25.8 Å². The van der Waals surface area contributed by atoms with Crippen molar-refractivity contribution in [1.29, 1.82) is 0 Å². The van der Waals surface area contributed by atoms with Gasteiger partial charge in [0.25, 0.3) is 0 Å². The number of rotatable bonds is 18. The number of hydrogen-bond acceptors (Lipinski definition) is 4. The zero-order chi connectivity index (χ0) is 43.4. The van der Waals surface area contributed by atoms with E-state index in [1.165, 1.54) is 6.92 Å². The summed E-state index contributed by atoms with van der Waals surface area (Å²) in [6, 6.07) is 1.57. The van der Waals surface area contributed by atoms with Crippen LogP contribution in [-0.2, 0) is 20.7 Å². The highest BCUT2D eigenvalue weighted by Crippen LogP contribution is 2.64. The third-order valence-electron chi connectivity index (χ3n) is 6.89. The molecule has 0 N–H and O–H groups in total. The van der Waals surface area contributed by atoms with Gasteiger partial charge in [0.05, 0.1) is 12.5 Å². The lowest BCUT2D eigenvalue weighted by Crippen LogP contribution is -2.74. The predicted molar refractivity (Wildman–Crippen MR) is 123 cm³/mol. The summed E-state index contributed by atoms with van der Waals surface area (Å²) in [5, 5.41) is 0. The second-order valence-corrected chi connectivity index (χ2v) is 10.7. The van der Waals surface area contributed by atoms with Crippen LogP contribution in [0.3, 0.4) is 0 Å². The van der Waals surface area contributed by atoms with Crippen molar-refractivity contribution in [2.24, 2.45) is 5.92 Å². The Bertz CT molecular complexity index is 1450. The first-order chi connectivity index (χ1) is 23.5. The van der Waals surface area contributed by atoms with Crippen LogP contribution in [0.15, 0.2) is 24.3 Å². The number of hydrogen-bond donors (Lipinski definition) is 0. The largest absolute Gasteiger partial charge is 0.471 e. The maximum Gasteiger partial charge on any atom is 0.471 e. The molecule has 29 heteroatoms. The van der Waals surface area contributed by atoms with Crippen LogP contribution in [0, 0.1) is 5.92 Å². The molecule has 1 rings (SSSR count). The zero-order valence-corrected chi connectivity index (χ0v) is 25.6. The van der Waals surface area contributed by atoms with Crippen molar-refractivity contribution < 1.29 is 129 Å². The molecule has 0 bridgehead atoms. The summed E-state index contributed by atoms with van der Waals surface area (Å²) >= 11 is 0. The zero-order valence-electron chi connectivity index (χ0n) is 25.6. The molecule has 4 nitrogen and oxygen atoms in total. The normalized spacial score (nSPS) is 16.0. The highest BCUT2D eigenvalue weighted by Gasteiger charge is 2.95. The molecular formula is C25H17F25O4. The average molecular weight is 856 g/mol. The highest BCUT2D eigenvalue weighted by atomic mass is 19.4. The van der Waals surface area contributed by atoms with Gasteiger partial charge in [-0.25, -0.2) is 4.74 Å². The van der Waals surface area contributed by atoms with E-state index in [0.717, 1.165) is 4.74 Å². The second kappa shape index (κ2) is 14.3. The third-order valence-corrected chi connectivity index (χ3v) is 6.89. The molecule has 0 radical (unpaired) electrons. The number of carbonyl (C=O) groups excluding carboxylic acids is 1. The summed E-state index contributed by atoms with van der Waals surface area (Å²) in [5.41, 5.74) is -0.0500. The Balaban J connectivity index is 3.47. The van der Waals surface area contributed by atoms with Crippen molar-refractivity contribution >= 4 is 5.97 Å². The third kappa shape index (κ3) is 7.73. The summed E-state index contributed by atoms with van der Waals surface area (Å²) in [6.45, 7) is 2.62. The number of ether oxygens (including phenoxy) is 3. The highest BCUT2D eigenvalue weighted by molar-refractivity contribution is 5.71. The predicted octanol–water partition coefficient (Wildman–Crippen LogP) is 10.6. The standard InChI is InChI=1S/C25H17F25O4/c1-3-10(2)13(51)52-9-8-11-4-6-12(7-5-11)53-23(45,46)19(36,37)16(30,31)17(32,33)21(40,41)25(49,50)54-24(47,48)20(38,39)15(28,29)14(26,27)18(34,35)22(42,43)44/h4-7,10H,3,8-9H2,1-2H3. The quantitative estimate of drug-likeness (QED) is 0.109. The molecule has 0 fully saturated rings. The number of carbonyl (C=O) groups is 1. The van der Waals surface area contributed by atoms with Crippen molar-refractivity contribution in [2.45, 2.75) is 98.6 Å². The summed E-state index contributed by atoms with van der Waals surface area (Å²) < 4.78 is 347. The molecule has 54 heavy (non-hydrogen) atoms. The van der Waals surface area contributed by atoms with Crippen LogP contribution >= 0.6 is 0 Å². The van der Waals surface area contributed by atoms with Crippen LogP contribution in [0.5, 0.6) is 5.75 Å². The Morgan fingerprint density at radius 2 is 0.852 bits per heavy atom. The molecule has 0 aromatic heterocycles. The summed E-state index contributed by atoms with van der Waals surface area (Å²) in [7, 11) is 0. The maximum atomic E-state index is 14.1. The van der Waals surface area contributed by atoms with Crippen molar-refractivity contribution in [3.8, 4) is 5.75 Å². The van der Waals surface area contributed by atoms with Gasteiger partial charge in [0, 0.05) is 6.42 Å². The van der Waals surface area contributed by atoms with E-state index in [0.29, 0.717) is 18.6 Å². The SMILES string of the molecule is CCC(C)C(=O)OCCc1ccc(OC(F)(F)C(F)(F)C(F)(F)C(F)(F)C(F)(F)C(F)(F)OC(F)(F)C(F)(F)C(F)(F)C(F)(F)C(F)(F)C(F)(F)F)cc1. The minimum atomic E-state index is -9.11. The van der Waals surface area contributed by atoms with E-state index in [9.17, 15) is 115 Å². The van der Waals surface area contributed by atoms with Gasteiger partial charge >= 0.3 is 77.9 Å². The second-order valence-electron chi connectivity index (χ2n) is 10.7. The maximum absolute atomic E-state index is 14.1. The van der Waals surface area contributed by atoms with Gasteiger partial charge in [0.2, 0.25) is 0 Å². The van der Waals surface area contributed by atoms with Gasteiger partial charge in [-0.1, -0.05) is 26.0 Å². The van der Waals surface area contributed by atoms with Crippen molar-refractivity contribution in [3.05, 3.63) is 29.8 Å². The van der Waals surface area contributed by atoms with Gasteiger partial charge in [-0.05, 0) is 24.1 Å². The molecule has 0 aliphatic heterocycles. The minimum absolute atomic E-state index is 0.0500. The van der Waals surface area contributed by atoms with E-state index in [4.69, 9.17) is 4.74 Å². The smallest absolute Gasteiger partial charge is 0.465 e. The Hall–Kier alpha value is -3.30. The van der Waals surface area contributed by atoms with Crippen molar-refractivity contribution in [1.82, 2.24) is 0 Å². The lowest BCUT2D eigenvalue weighted by atomic mass is 9.96. The molecule has 0 saturated carbocycles. The minimum Gasteiger partial charge on any atom is -0.465 e. The van der Waals surface area contributed by atoms with E-state index in [1.54, 1.807) is 6.92 Å². The van der Waals surface area contributed by atoms with Crippen LogP contribution in [0.2, 0.25) is 0 Å². The summed E-state index contributed by atoms with van der Waals surface area (Å²) in [4.78, 5) is 11.6. The Morgan fingerprint density at radius 3 is 1.19 bits per heavy atom. The Kier molecular flexibility index (Phi) is 12.9. The molecule has 0 aliphatic rings. The lowest BCUT2D eigenvalue weighted by molar-refractivity contribution is -0.529. The van der Waals surface area contributed by atoms with E-state index in [1.807, 2.05) is 0 Å².